The second kappa shape index (κ2) is 8.00. The van der Waals surface area contributed by atoms with Crippen LogP contribution in [-0.2, 0) is 16.0 Å². The van der Waals surface area contributed by atoms with Gasteiger partial charge in [0.05, 0.1) is 6.54 Å². The van der Waals surface area contributed by atoms with Gasteiger partial charge in [-0.15, -0.1) is 0 Å². The zero-order valence-corrected chi connectivity index (χ0v) is 15.2. The Balaban J connectivity index is 1.60. The van der Waals surface area contributed by atoms with E-state index in [1.807, 2.05) is 18.2 Å². The van der Waals surface area contributed by atoms with Crippen molar-refractivity contribution < 1.29 is 9.59 Å². The van der Waals surface area contributed by atoms with E-state index in [0.717, 1.165) is 51.9 Å². The highest BCUT2D eigenvalue weighted by Crippen LogP contribution is 2.38. The molecule has 2 heterocycles. The molecule has 2 fully saturated rings. The summed E-state index contributed by atoms with van der Waals surface area (Å²) in [5, 5.41) is 2.71. The lowest BCUT2D eigenvalue weighted by atomic mass is 9.73. The lowest BCUT2D eigenvalue weighted by Gasteiger charge is -2.48. The van der Waals surface area contributed by atoms with Gasteiger partial charge in [0.2, 0.25) is 11.8 Å². The number of carbonyl (C=O) groups excluding carboxylic acids is 2. The summed E-state index contributed by atoms with van der Waals surface area (Å²) in [4.78, 5) is 28.4. The van der Waals surface area contributed by atoms with Gasteiger partial charge in [-0.2, -0.15) is 0 Å². The predicted molar refractivity (Wildman–Crippen MR) is 98.1 cm³/mol. The van der Waals surface area contributed by atoms with Crippen molar-refractivity contribution in [2.45, 2.75) is 32.1 Å². The van der Waals surface area contributed by atoms with Crippen LogP contribution in [0.3, 0.4) is 0 Å². The fourth-order valence-corrected chi connectivity index (χ4v) is 4.28. The molecule has 2 aliphatic rings. The Hall–Kier alpha value is -1.88. The molecule has 2 saturated heterocycles. The standard InChI is InChI=1S/C20H29N3O2/c1-21-18(24)14-22-12-5-10-20(15-22)11-8-19(25)23(16-20)13-9-17-6-3-2-4-7-17/h2-4,6-7H,5,8-16H2,1H3,(H,21,24). The third kappa shape index (κ3) is 4.60. The van der Waals surface area contributed by atoms with Crippen LogP contribution in [0.4, 0.5) is 0 Å². The molecule has 2 aliphatic heterocycles. The first-order chi connectivity index (χ1) is 12.1. The van der Waals surface area contributed by atoms with Crippen molar-refractivity contribution in [3.8, 4) is 0 Å². The van der Waals surface area contributed by atoms with Crippen LogP contribution in [0.15, 0.2) is 30.3 Å². The number of nitrogens with zero attached hydrogens (tertiary/aromatic N) is 2. The third-order valence-electron chi connectivity index (χ3n) is 5.65. The summed E-state index contributed by atoms with van der Waals surface area (Å²) in [6.45, 7) is 4.00. The summed E-state index contributed by atoms with van der Waals surface area (Å²) in [5.74, 6) is 0.356. The number of benzene rings is 1. The second-order valence-corrected chi connectivity index (χ2v) is 7.54. The van der Waals surface area contributed by atoms with Crippen molar-refractivity contribution in [3.05, 3.63) is 35.9 Å². The molecule has 1 spiro atoms. The summed E-state index contributed by atoms with van der Waals surface area (Å²) in [7, 11) is 1.69. The van der Waals surface area contributed by atoms with Gasteiger partial charge in [0.25, 0.3) is 0 Å². The van der Waals surface area contributed by atoms with Crippen LogP contribution in [0, 0.1) is 5.41 Å². The van der Waals surface area contributed by atoms with Crippen molar-refractivity contribution in [3.63, 3.8) is 0 Å². The molecule has 0 aliphatic carbocycles. The summed E-state index contributed by atoms with van der Waals surface area (Å²) in [5.41, 5.74) is 1.44. The molecule has 1 atom stereocenters. The molecule has 0 radical (unpaired) electrons. The maximum atomic E-state index is 12.4. The van der Waals surface area contributed by atoms with Gasteiger partial charge in [-0.1, -0.05) is 30.3 Å². The van der Waals surface area contributed by atoms with Crippen molar-refractivity contribution in [2.75, 3.05) is 39.8 Å². The molecular weight excluding hydrogens is 314 g/mol. The van der Waals surface area contributed by atoms with E-state index in [9.17, 15) is 9.59 Å². The van der Waals surface area contributed by atoms with Gasteiger partial charge in [-0.3, -0.25) is 14.5 Å². The second-order valence-electron chi connectivity index (χ2n) is 7.54. The normalized spacial score (nSPS) is 24.5. The molecule has 1 aromatic rings. The molecule has 2 amide bonds. The van der Waals surface area contributed by atoms with Crippen molar-refractivity contribution in [1.29, 1.82) is 0 Å². The Labute approximate surface area is 150 Å². The lowest BCUT2D eigenvalue weighted by molar-refractivity contribution is -0.140. The number of likely N-dealkylation sites (tertiary alicyclic amines) is 2. The number of hydrogen-bond donors (Lipinski definition) is 1. The molecule has 3 rings (SSSR count). The molecule has 5 heteroatoms. The molecule has 1 aromatic carbocycles. The Morgan fingerprint density at radius 1 is 1.20 bits per heavy atom. The zero-order chi connectivity index (χ0) is 17.7. The largest absolute Gasteiger partial charge is 0.358 e. The van der Waals surface area contributed by atoms with E-state index in [1.165, 1.54) is 5.56 Å². The minimum atomic E-state index is 0.0740. The Morgan fingerprint density at radius 2 is 2.00 bits per heavy atom. The molecule has 136 valence electrons. The Kier molecular flexibility index (Phi) is 5.74. The number of carbonyl (C=O) groups is 2. The minimum Gasteiger partial charge on any atom is -0.358 e. The first-order valence-corrected chi connectivity index (χ1v) is 9.35. The number of nitrogens with one attached hydrogen (secondary N) is 1. The van der Waals surface area contributed by atoms with Gasteiger partial charge in [-0.25, -0.2) is 0 Å². The molecular formula is C20H29N3O2. The highest BCUT2D eigenvalue weighted by atomic mass is 16.2. The predicted octanol–water partition coefficient (Wildman–Crippen LogP) is 1.68. The third-order valence-corrected chi connectivity index (χ3v) is 5.65. The summed E-state index contributed by atoms with van der Waals surface area (Å²) in [6.07, 6.45) is 4.77. The average Bonchev–Trinajstić information content (AvgIpc) is 2.64. The monoisotopic (exact) mass is 343 g/mol. The van der Waals surface area contributed by atoms with Crippen molar-refractivity contribution in [2.24, 2.45) is 5.41 Å². The van der Waals surface area contributed by atoms with Crippen molar-refractivity contribution >= 4 is 11.8 Å². The summed E-state index contributed by atoms with van der Waals surface area (Å²) in [6, 6.07) is 10.4. The highest BCUT2D eigenvalue weighted by molar-refractivity contribution is 5.78. The molecule has 0 aromatic heterocycles. The molecule has 0 saturated carbocycles. The van der Waals surface area contributed by atoms with Crippen LogP contribution in [0.2, 0.25) is 0 Å². The van der Waals surface area contributed by atoms with E-state index < -0.39 is 0 Å². The summed E-state index contributed by atoms with van der Waals surface area (Å²) >= 11 is 0. The summed E-state index contributed by atoms with van der Waals surface area (Å²) < 4.78 is 0. The molecule has 1 N–H and O–H groups in total. The topological polar surface area (TPSA) is 52.7 Å². The minimum absolute atomic E-state index is 0.0740. The molecule has 5 nitrogen and oxygen atoms in total. The Bertz CT molecular complexity index is 604. The van der Waals surface area contributed by atoms with Gasteiger partial charge >= 0.3 is 0 Å². The maximum Gasteiger partial charge on any atom is 0.233 e. The van der Waals surface area contributed by atoms with E-state index in [1.54, 1.807) is 7.05 Å². The fraction of sp³-hybridized carbons (Fsp3) is 0.600. The molecule has 25 heavy (non-hydrogen) atoms. The zero-order valence-electron chi connectivity index (χ0n) is 15.2. The van der Waals surface area contributed by atoms with Crippen LogP contribution < -0.4 is 5.32 Å². The average molecular weight is 343 g/mol. The van der Waals surface area contributed by atoms with E-state index in [-0.39, 0.29) is 17.2 Å². The number of amides is 2. The van der Waals surface area contributed by atoms with E-state index in [4.69, 9.17) is 0 Å². The van der Waals surface area contributed by atoms with Gasteiger partial charge in [0, 0.05) is 38.5 Å². The van der Waals surface area contributed by atoms with Gasteiger partial charge in [-0.05, 0) is 37.8 Å². The Morgan fingerprint density at radius 3 is 2.76 bits per heavy atom. The van der Waals surface area contributed by atoms with Gasteiger partial charge in [0.15, 0.2) is 0 Å². The molecule has 0 bridgehead atoms. The van der Waals surface area contributed by atoms with Crippen LogP contribution in [0.25, 0.3) is 0 Å². The van der Waals surface area contributed by atoms with Crippen LogP contribution in [0.1, 0.15) is 31.2 Å². The van der Waals surface area contributed by atoms with Crippen LogP contribution in [-0.4, -0.2) is 61.4 Å². The number of piperidine rings is 2. The smallest absolute Gasteiger partial charge is 0.233 e. The highest BCUT2D eigenvalue weighted by Gasteiger charge is 2.41. The SMILES string of the molecule is CNC(=O)CN1CCCC2(CCC(=O)N(CCc3ccccc3)C2)C1. The number of likely N-dealkylation sites (N-methyl/N-ethyl adjacent to an activating group) is 1. The molecule has 1 unspecified atom stereocenters. The van der Waals surface area contributed by atoms with Crippen LogP contribution >= 0.6 is 0 Å². The first kappa shape index (κ1) is 17.9. The van der Waals surface area contributed by atoms with Gasteiger partial charge in [0.1, 0.15) is 0 Å². The maximum absolute atomic E-state index is 12.4. The van der Waals surface area contributed by atoms with Crippen LogP contribution in [0.5, 0.6) is 0 Å². The first-order valence-electron chi connectivity index (χ1n) is 9.35. The number of hydrogen-bond acceptors (Lipinski definition) is 3. The van der Waals surface area contributed by atoms with Gasteiger partial charge < -0.3 is 10.2 Å². The van der Waals surface area contributed by atoms with E-state index >= 15 is 0 Å². The quantitative estimate of drug-likeness (QED) is 0.885. The number of rotatable bonds is 5. The van der Waals surface area contributed by atoms with E-state index in [0.29, 0.717) is 13.0 Å². The van der Waals surface area contributed by atoms with E-state index in [2.05, 4.69) is 27.2 Å². The van der Waals surface area contributed by atoms with Crippen molar-refractivity contribution in [1.82, 2.24) is 15.1 Å². The fourth-order valence-electron chi connectivity index (χ4n) is 4.28. The lowest BCUT2D eigenvalue weighted by Crippen LogP contribution is -2.55.